The van der Waals surface area contributed by atoms with Crippen molar-refractivity contribution in [3.63, 3.8) is 0 Å². The van der Waals surface area contributed by atoms with Crippen molar-refractivity contribution in [2.45, 2.75) is 0 Å². The van der Waals surface area contributed by atoms with Crippen molar-refractivity contribution >= 4 is 43.9 Å². The van der Waals surface area contributed by atoms with E-state index in [1.54, 1.807) is 24.3 Å². The second-order valence-electron chi connectivity index (χ2n) is 9.85. The number of hydrogen-bond donors (Lipinski definition) is 0. The van der Waals surface area contributed by atoms with Gasteiger partial charge in [-0.3, -0.25) is 0 Å². The smallest absolute Gasteiger partial charge is 0.621 e. The molecule has 4 bridgehead atoms. The molecule has 0 radical (unpaired) electrons. The summed E-state index contributed by atoms with van der Waals surface area (Å²) in [6.07, 6.45) is 0. The first-order valence-corrected chi connectivity index (χ1v) is 13.5. The second-order valence-corrected chi connectivity index (χ2v) is 9.85. The van der Waals surface area contributed by atoms with Gasteiger partial charge < -0.3 is 19.6 Å². The molecule has 0 atom stereocenters. The largest absolute Gasteiger partial charge is 2.00 e. The molecule has 0 aliphatic rings. The number of nitrogens with zero attached hydrogens (tertiary/aromatic N) is 4. The molecule has 7 rings (SSSR count). The van der Waals surface area contributed by atoms with Gasteiger partial charge in [-0.05, 0) is 57.3 Å². The average Bonchev–Trinajstić information content (AvgIpc) is 3.05. The van der Waals surface area contributed by atoms with Crippen LogP contribution in [-0.4, -0.2) is 9.97 Å². The van der Waals surface area contributed by atoms with E-state index >= 15 is 0 Å². The molecule has 208 valence electrons. The zero-order valence-corrected chi connectivity index (χ0v) is 24.9. The Balaban J connectivity index is 0.00000329. The van der Waals surface area contributed by atoms with Gasteiger partial charge in [0.2, 0.25) is 0 Å². The maximum atomic E-state index is 13.7. The monoisotopic (exact) mass is 737 g/mol. The Morgan fingerprint density at radius 3 is 1.16 bits per heavy atom. The number of hydrogen-bond acceptors (Lipinski definition) is 4. The first kappa shape index (κ1) is 28.0. The Morgan fingerprint density at radius 2 is 0.744 bits per heavy atom. The third-order valence-corrected chi connectivity index (χ3v) is 7.11. The SMILES string of the molecule is O=c1[n-]c2ccccc2c2cc(-c3ccccc3)cc(n2)c(=O)[n-]c2ccccc2c2cc(-c3ccccc3)cc1n2.[Pt+2]. The van der Waals surface area contributed by atoms with E-state index in [-0.39, 0.29) is 32.1 Å². The van der Waals surface area contributed by atoms with Crippen LogP contribution in [0.3, 0.4) is 0 Å². The van der Waals surface area contributed by atoms with Crippen molar-refractivity contribution in [1.29, 1.82) is 0 Å². The van der Waals surface area contributed by atoms with Crippen LogP contribution in [-0.2, 0) is 21.1 Å². The number of aromatic nitrogens is 4. The predicted molar refractivity (Wildman–Crippen MR) is 169 cm³/mol. The molecular weight excluding hydrogens is 716 g/mol. The average molecular weight is 738 g/mol. The quantitative estimate of drug-likeness (QED) is 0.195. The van der Waals surface area contributed by atoms with Crippen LogP contribution >= 0.6 is 0 Å². The molecule has 3 aromatic heterocycles. The summed E-state index contributed by atoms with van der Waals surface area (Å²) in [5.41, 5.74) is 4.76. The molecule has 7 heteroatoms. The minimum Gasteiger partial charge on any atom is -0.621 e. The molecular formula is C36H22N4O2Pt. The number of pyridine rings is 2. The molecule has 0 amide bonds. The molecule has 0 unspecified atom stereocenters. The fourth-order valence-corrected chi connectivity index (χ4v) is 5.06. The van der Waals surface area contributed by atoms with E-state index in [1.807, 2.05) is 109 Å². The summed E-state index contributed by atoms with van der Waals surface area (Å²) in [5, 5.41) is 1.24. The third kappa shape index (κ3) is 5.65. The van der Waals surface area contributed by atoms with Gasteiger partial charge in [0.25, 0.3) is 0 Å². The summed E-state index contributed by atoms with van der Waals surface area (Å²) in [7, 11) is 0. The minimum absolute atomic E-state index is 0. The van der Waals surface area contributed by atoms with Gasteiger partial charge in [-0.25, -0.2) is 9.97 Å². The first-order valence-electron chi connectivity index (χ1n) is 13.5. The summed E-state index contributed by atoms with van der Waals surface area (Å²) < 4.78 is 0. The normalized spacial score (nSPS) is 10.8. The predicted octanol–water partition coefficient (Wildman–Crippen LogP) is 6.74. The molecule has 0 aliphatic carbocycles. The Hall–Kier alpha value is -5.19. The topological polar surface area (TPSA) is 88.1 Å². The molecule has 0 saturated heterocycles. The fraction of sp³-hybridized carbons (Fsp3) is 0. The number of rotatable bonds is 2. The Kier molecular flexibility index (Phi) is 7.78. The van der Waals surface area contributed by atoms with Crippen LogP contribution in [0.5, 0.6) is 0 Å². The van der Waals surface area contributed by atoms with E-state index in [2.05, 4.69) is 9.97 Å². The fourth-order valence-electron chi connectivity index (χ4n) is 5.06. The van der Waals surface area contributed by atoms with Crippen molar-refractivity contribution in [3.05, 3.63) is 154 Å². The minimum atomic E-state index is -0.483. The van der Waals surface area contributed by atoms with Crippen molar-refractivity contribution in [2.24, 2.45) is 0 Å². The second kappa shape index (κ2) is 12.0. The zero-order valence-electron chi connectivity index (χ0n) is 22.6. The molecule has 6 nitrogen and oxygen atoms in total. The van der Waals surface area contributed by atoms with Gasteiger partial charge in [0.05, 0.1) is 22.1 Å². The van der Waals surface area contributed by atoms with E-state index < -0.39 is 11.1 Å². The van der Waals surface area contributed by atoms with E-state index in [0.717, 1.165) is 22.3 Å². The summed E-state index contributed by atoms with van der Waals surface area (Å²) in [5.74, 6) is 0. The van der Waals surface area contributed by atoms with Crippen LogP contribution in [0.25, 0.3) is 66.1 Å². The van der Waals surface area contributed by atoms with Crippen LogP contribution in [0.1, 0.15) is 0 Å². The van der Waals surface area contributed by atoms with E-state index in [0.29, 0.717) is 32.8 Å². The van der Waals surface area contributed by atoms with Gasteiger partial charge in [0.1, 0.15) is 11.1 Å². The summed E-state index contributed by atoms with van der Waals surface area (Å²) in [6, 6.07) is 41.4. The first-order chi connectivity index (χ1) is 20.6. The van der Waals surface area contributed by atoms with Gasteiger partial charge in [-0.15, -0.1) is 11.0 Å². The maximum absolute atomic E-state index is 13.7. The zero-order chi connectivity index (χ0) is 28.5. The number of fused-ring (bicyclic) bond motifs is 8. The van der Waals surface area contributed by atoms with Crippen LogP contribution in [0.15, 0.2) is 143 Å². The molecule has 0 spiro atoms. The van der Waals surface area contributed by atoms with E-state index in [9.17, 15) is 9.59 Å². The van der Waals surface area contributed by atoms with Crippen molar-refractivity contribution in [3.8, 4) is 22.3 Å². The van der Waals surface area contributed by atoms with Gasteiger partial charge in [-0.1, -0.05) is 109 Å². The van der Waals surface area contributed by atoms with E-state index in [1.165, 1.54) is 0 Å². The molecule has 3 heterocycles. The van der Waals surface area contributed by atoms with Crippen molar-refractivity contribution in [2.75, 3.05) is 0 Å². The molecule has 7 aromatic rings. The summed E-state index contributed by atoms with van der Waals surface area (Å²) in [4.78, 5) is 46.0. The Morgan fingerprint density at radius 1 is 0.395 bits per heavy atom. The van der Waals surface area contributed by atoms with Gasteiger partial charge in [0.15, 0.2) is 0 Å². The summed E-state index contributed by atoms with van der Waals surface area (Å²) in [6.45, 7) is 0. The third-order valence-electron chi connectivity index (χ3n) is 7.11. The molecule has 0 aliphatic heterocycles. The molecule has 4 aromatic carbocycles. The van der Waals surface area contributed by atoms with Crippen molar-refractivity contribution < 1.29 is 21.1 Å². The van der Waals surface area contributed by atoms with Crippen LogP contribution in [0.2, 0.25) is 0 Å². The number of para-hydroxylation sites is 2. The molecule has 43 heavy (non-hydrogen) atoms. The molecule has 0 fully saturated rings. The Bertz CT molecular complexity index is 2180. The van der Waals surface area contributed by atoms with E-state index in [4.69, 9.17) is 9.97 Å². The van der Waals surface area contributed by atoms with Crippen molar-refractivity contribution in [1.82, 2.24) is 19.9 Å². The van der Waals surface area contributed by atoms with Gasteiger partial charge in [0, 0.05) is 0 Å². The van der Waals surface area contributed by atoms with Crippen LogP contribution < -0.4 is 21.1 Å². The van der Waals surface area contributed by atoms with Crippen LogP contribution in [0.4, 0.5) is 0 Å². The standard InChI is InChI=1S/C36H24N4O2.Pt/c41-35-33-21-25(23-11-3-1-4-12-23)19-31(37-33)27-15-7-9-17-29(27)40-36(42)34-22-26(24-13-5-2-6-14-24)20-32(38-34)28-16-8-10-18-30(28)39-35;/h1-22H,(H2,37,38,39,40,41,42);/q;+2/p-2. The van der Waals surface area contributed by atoms with Crippen LogP contribution in [0, 0.1) is 0 Å². The molecule has 0 N–H and O–H groups in total. The number of benzene rings is 4. The summed E-state index contributed by atoms with van der Waals surface area (Å²) >= 11 is 0. The maximum Gasteiger partial charge on any atom is 2.00 e. The Labute approximate surface area is 260 Å². The van der Waals surface area contributed by atoms with Gasteiger partial charge >= 0.3 is 21.1 Å². The molecule has 0 saturated carbocycles. The van der Waals surface area contributed by atoms with Gasteiger partial charge in [-0.2, -0.15) is 0 Å².